The van der Waals surface area contributed by atoms with E-state index >= 15 is 0 Å². The van der Waals surface area contributed by atoms with Crippen molar-refractivity contribution in [1.82, 2.24) is 4.90 Å². The van der Waals surface area contributed by atoms with E-state index in [4.69, 9.17) is 6.42 Å². The Bertz CT molecular complexity index is 448. The fraction of sp³-hybridized carbons (Fsp3) is 0.357. The normalized spacial score (nSPS) is 9.76. The number of rotatable bonds is 4. The second kappa shape index (κ2) is 6.46. The molecule has 0 bridgehead atoms. The molecule has 0 aromatic heterocycles. The molecule has 1 amide bonds. The third-order valence-electron chi connectivity index (χ3n) is 2.48. The van der Waals surface area contributed by atoms with Crippen LogP contribution in [0.25, 0.3) is 0 Å². The number of benzene rings is 1. The van der Waals surface area contributed by atoms with Crippen LogP contribution in [-0.2, 0) is 0 Å². The van der Waals surface area contributed by atoms with Gasteiger partial charge < -0.3 is 4.90 Å². The summed E-state index contributed by atoms with van der Waals surface area (Å²) >= 11 is 3.39. The van der Waals surface area contributed by atoms with Gasteiger partial charge in [0.05, 0.1) is 6.54 Å². The van der Waals surface area contributed by atoms with E-state index in [1.54, 1.807) is 4.90 Å². The highest BCUT2D eigenvalue weighted by Gasteiger charge is 2.15. The van der Waals surface area contributed by atoms with Gasteiger partial charge in [-0.3, -0.25) is 4.79 Å². The van der Waals surface area contributed by atoms with E-state index in [0.717, 1.165) is 22.0 Å². The van der Waals surface area contributed by atoms with Gasteiger partial charge in [-0.05, 0) is 37.1 Å². The zero-order chi connectivity index (χ0) is 12.8. The van der Waals surface area contributed by atoms with Crippen LogP contribution in [0.1, 0.15) is 29.3 Å². The lowest BCUT2D eigenvalue weighted by molar-refractivity contribution is 0.0776. The van der Waals surface area contributed by atoms with Crippen molar-refractivity contribution in [3.05, 3.63) is 33.8 Å². The number of carbonyl (C=O) groups excluding carboxylic acids is 1. The molecule has 0 aliphatic heterocycles. The Morgan fingerprint density at radius 1 is 1.53 bits per heavy atom. The van der Waals surface area contributed by atoms with E-state index in [2.05, 4.69) is 21.9 Å². The summed E-state index contributed by atoms with van der Waals surface area (Å²) < 4.78 is 0.977. The van der Waals surface area contributed by atoms with E-state index in [9.17, 15) is 4.79 Å². The summed E-state index contributed by atoms with van der Waals surface area (Å²) in [5, 5.41) is 0. The Hall–Kier alpha value is -1.27. The summed E-state index contributed by atoms with van der Waals surface area (Å²) in [6, 6.07) is 5.65. The molecule has 0 aliphatic rings. The van der Waals surface area contributed by atoms with Crippen molar-refractivity contribution in [1.29, 1.82) is 0 Å². The van der Waals surface area contributed by atoms with Crippen LogP contribution in [0.4, 0.5) is 0 Å². The molecular weight excluding hydrogens is 278 g/mol. The zero-order valence-corrected chi connectivity index (χ0v) is 11.8. The van der Waals surface area contributed by atoms with E-state index in [1.807, 2.05) is 32.0 Å². The lowest BCUT2D eigenvalue weighted by Crippen LogP contribution is -2.32. The van der Waals surface area contributed by atoms with E-state index in [0.29, 0.717) is 13.1 Å². The molecule has 0 atom stereocenters. The minimum absolute atomic E-state index is 0.00907. The highest BCUT2D eigenvalue weighted by molar-refractivity contribution is 9.10. The van der Waals surface area contributed by atoms with Gasteiger partial charge in [0.1, 0.15) is 0 Å². The third kappa shape index (κ3) is 3.61. The van der Waals surface area contributed by atoms with Crippen molar-refractivity contribution < 1.29 is 4.79 Å². The van der Waals surface area contributed by atoms with Gasteiger partial charge in [0, 0.05) is 16.6 Å². The van der Waals surface area contributed by atoms with E-state index < -0.39 is 0 Å². The average molecular weight is 294 g/mol. The number of amides is 1. The molecule has 0 unspecified atom stereocenters. The molecule has 0 spiro atoms. The lowest BCUT2D eigenvalue weighted by atomic mass is 10.1. The topological polar surface area (TPSA) is 20.3 Å². The summed E-state index contributed by atoms with van der Waals surface area (Å²) in [6.45, 7) is 5.02. The fourth-order valence-electron chi connectivity index (χ4n) is 1.67. The standard InChI is InChI=1S/C14H16BrNO/c1-4-8-16(9-5-2)14(17)13-7-6-12(15)10-11(13)3/h1,6-7,10H,5,8-9H2,2-3H3. The molecule has 1 aromatic carbocycles. The number of aryl methyl sites for hydroxylation is 1. The molecule has 1 rings (SSSR count). The number of terminal acetylenes is 1. The van der Waals surface area contributed by atoms with Crippen molar-refractivity contribution >= 4 is 21.8 Å². The number of hydrogen-bond acceptors (Lipinski definition) is 1. The van der Waals surface area contributed by atoms with E-state index in [-0.39, 0.29) is 5.91 Å². The molecule has 0 fully saturated rings. The number of carbonyl (C=O) groups is 1. The van der Waals surface area contributed by atoms with Crippen LogP contribution in [0.2, 0.25) is 0 Å². The predicted molar refractivity (Wildman–Crippen MR) is 73.9 cm³/mol. The molecule has 17 heavy (non-hydrogen) atoms. The molecule has 90 valence electrons. The van der Waals surface area contributed by atoms with Crippen LogP contribution in [0.3, 0.4) is 0 Å². The van der Waals surface area contributed by atoms with Gasteiger partial charge in [-0.1, -0.05) is 28.8 Å². The summed E-state index contributed by atoms with van der Waals surface area (Å²) in [5.41, 5.74) is 1.68. The van der Waals surface area contributed by atoms with Crippen LogP contribution in [0.5, 0.6) is 0 Å². The van der Waals surface area contributed by atoms with Gasteiger partial charge in [-0.2, -0.15) is 0 Å². The highest BCUT2D eigenvalue weighted by atomic mass is 79.9. The Morgan fingerprint density at radius 2 is 2.24 bits per heavy atom. The molecular formula is C14H16BrNO. The maximum atomic E-state index is 12.3. The number of halogens is 1. The average Bonchev–Trinajstić information content (AvgIpc) is 2.28. The van der Waals surface area contributed by atoms with Crippen LogP contribution in [-0.4, -0.2) is 23.9 Å². The van der Waals surface area contributed by atoms with Crippen molar-refractivity contribution in [3.63, 3.8) is 0 Å². The smallest absolute Gasteiger partial charge is 0.254 e. The first-order valence-electron chi connectivity index (χ1n) is 5.59. The van der Waals surface area contributed by atoms with Crippen molar-refractivity contribution in [2.24, 2.45) is 0 Å². The molecule has 0 saturated carbocycles. The first-order valence-corrected chi connectivity index (χ1v) is 6.38. The summed E-state index contributed by atoms with van der Waals surface area (Å²) in [6.07, 6.45) is 6.19. The maximum absolute atomic E-state index is 12.3. The van der Waals surface area contributed by atoms with Crippen molar-refractivity contribution in [2.75, 3.05) is 13.1 Å². The molecule has 0 radical (unpaired) electrons. The highest BCUT2D eigenvalue weighted by Crippen LogP contribution is 2.17. The molecule has 2 nitrogen and oxygen atoms in total. The molecule has 0 heterocycles. The Morgan fingerprint density at radius 3 is 2.76 bits per heavy atom. The minimum atomic E-state index is 0.00907. The van der Waals surface area contributed by atoms with Crippen LogP contribution < -0.4 is 0 Å². The van der Waals surface area contributed by atoms with Gasteiger partial charge in [0.2, 0.25) is 0 Å². The van der Waals surface area contributed by atoms with Crippen LogP contribution in [0, 0.1) is 19.3 Å². The summed E-state index contributed by atoms with van der Waals surface area (Å²) in [4.78, 5) is 14.0. The fourth-order valence-corrected chi connectivity index (χ4v) is 2.15. The molecule has 1 aromatic rings. The monoisotopic (exact) mass is 293 g/mol. The van der Waals surface area contributed by atoms with Crippen LogP contribution >= 0.6 is 15.9 Å². The number of nitrogens with zero attached hydrogens (tertiary/aromatic N) is 1. The van der Waals surface area contributed by atoms with Gasteiger partial charge in [0.25, 0.3) is 5.91 Å². The summed E-state index contributed by atoms with van der Waals surface area (Å²) in [7, 11) is 0. The first-order chi connectivity index (χ1) is 8.10. The van der Waals surface area contributed by atoms with E-state index in [1.165, 1.54) is 0 Å². The predicted octanol–water partition coefficient (Wildman–Crippen LogP) is 3.24. The summed E-state index contributed by atoms with van der Waals surface area (Å²) in [5.74, 6) is 2.54. The van der Waals surface area contributed by atoms with Gasteiger partial charge >= 0.3 is 0 Å². The minimum Gasteiger partial charge on any atom is -0.328 e. The van der Waals surface area contributed by atoms with Gasteiger partial charge in [-0.25, -0.2) is 0 Å². The lowest BCUT2D eigenvalue weighted by Gasteiger charge is -2.20. The Labute approximate surface area is 111 Å². The molecule has 0 saturated heterocycles. The maximum Gasteiger partial charge on any atom is 0.254 e. The zero-order valence-electron chi connectivity index (χ0n) is 10.2. The van der Waals surface area contributed by atoms with Crippen molar-refractivity contribution in [3.8, 4) is 12.3 Å². The third-order valence-corrected chi connectivity index (χ3v) is 2.97. The number of hydrogen-bond donors (Lipinski definition) is 0. The quantitative estimate of drug-likeness (QED) is 0.781. The SMILES string of the molecule is C#CCN(CCC)C(=O)c1ccc(Br)cc1C. The largest absolute Gasteiger partial charge is 0.328 e. The molecule has 3 heteroatoms. The Kier molecular flexibility index (Phi) is 5.24. The first kappa shape index (κ1) is 13.8. The molecule has 0 aliphatic carbocycles. The van der Waals surface area contributed by atoms with Crippen LogP contribution in [0.15, 0.2) is 22.7 Å². The second-order valence-corrected chi connectivity index (χ2v) is 4.81. The second-order valence-electron chi connectivity index (χ2n) is 3.89. The van der Waals surface area contributed by atoms with Gasteiger partial charge in [0.15, 0.2) is 0 Å². The van der Waals surface area contributed by atoms with Gasteiger partial charge in [-0.15, -0.1) is 6.42 Å². The van der Waals surface area contributed by atoms with Crippen molar-refractivity contribution in [2.45, 2.75) is 20.3 Å². The Balaban J connectivity index is 2.97. The molecule has 0 N–H and O–H groups in total.